The van der Waals surface area contributed by atoms with E-state index < -0.39 is 11.7 Å². The lowest BCUT2D eigenvalue weighted by Crippen LogP contribution is -2.50. The molecule has 0 aliphatic carbocycles. The predicted octanol–water partition coefficient (Wildman–Crippen LogP) is 4.24. The number of halogens is 3. The van der Waals surface area contributed by atoms with Crippen LogP contribution in [0.4, 0.5) is 24.5 Å². The van der Waals surface area contributed by atoms with E-state index in [-0.39, 0.29) is 0 Å². The van der Waals surface area contributed by atoms with Crippen LogP contribution in [-0.2, 0) is 6.18 Å². The quantitative estimate of drug-likeness (QED) is 0.739. The van der Waals surface area contributed by atoms with Gasteiger partial charge in [-0.25, -0.2) is 0 Å². The van der Waals surface area contributed by atoms with Gasteiger partial charge in [-0.3, -0.25) is 0 Å². The number of nitrogens with one attached hydrogen (secondary N) is 1. The first-order valence-corrected chi connectivity index (χ1v) is 9.42. The molecule has 0 amide bonds. The molecule has 1 fully saturated rings. The Labute approximate surface area is 173 Å². The maximum atomic E-state index is 12.9. The van der Waals surface area contributed by atoms with Crippen LogP contribution in [0, 0.1) is 0 Å². The molecule has 0 spiro atoms. The highest BCUT2D eigenvalue weighted by molar-refractivity contribution is 7.80. The number of nitrogens with zero attached hydrogens (tertiary/aromatic N) is 2. The number of anilines is 2. The van der Waals surface area contributed by atoms with Crippen molar-refractivity contribution in [2.24, 2.45) is 0 Å². The van der Waals surface area contributed by atoms with Gasteiger partial charge in [-0.2, -0.15) is 13.2 Å². The van der Waals surface area contributed by atoms with Gasteiger partial charge in [0.05, 0.1) is 19.8 Å². The summed E-state index contributed by atoms with van der Waals surface area (Å²) in [6.07, 6.45) is -4.35. The number of thiocarbonyl (C=S) groups is 1. The first kappa shape index (κ1) is 21.0. The minimum absolute atomic E-state index is 0.545. The largest absolute Gasteiger partial charge is 0.497 e. The normalized spacial score (nSPS) is 14.5. The Morgan fingerprint density at radius 1 is 0.966 bits per heavy atom. The zero-order valence-electron chi connectivity index (χ0n) is 16.1. The van der Waals surface area contributed by atoms with Gasteiger partial charge < -0.3 is 24.6 Å². The second kappa shape index (κ2) is 8.77. The van der Waals surface area contributed by atoms with E-state index in [2.05, 4.69) is 5.32 Å². The van der Waals surface area contributed by atoms with Crippen molar-refractivity contribution in [2.45, 2.75) is 6.18 Å². The molecule has 9 heteroatoms. The molecule has 2 aromatic carbocycles. The van der Waals surface area contributed by atoms with Crippen LogP contribution in [0.1, 0.15) is 5.56 Å². The van der Waals surface area contributed by atoms with Gasteiger partial charge in [0.25, 0.3) is 0 Å². The number of piperazine rings is 1. The minimum atomic E-state index is -4.35. The molecule has 1 aliphatic heterocycles. The lowest BCUT2D eigenvalue weighted by molar-refractivity contribution is -0.137. The fourth-order valence-electron chi connectivity index (χ4n) is 3.13. The van der Waals surface area contributed by atoms with Gasteiger partial charge in [0.1, 0.15) is 11.5 Å². The van der Waals surface area contributed by atoms with Crippen LogP contribution in [0.15, 0.2) is 42.5 Å². The summed E-state index contributed by atoms with van der Waals surface area (Å²) in [5.74, 6) is 1.29. The van der Waals surface area contributed by atoms with Crippen molar-refractivity contribution < 1.29 is 22.6 Å². The van der Waals surface area contributed by atoms with E-state index in [0.717, 1.165) is 11.8 Å². The average molecular weight is 425 g/mol. The van der Waals surface area contributed by atoms with Gasteiger partial charge in [-0.15, -0.1) is 0 Å². The molecule has 1 aliphatic rings. The number of alkyl halides is 3. The molecule has 0 bridgehead atoms. The summed E-state index contributed by atoms with van der Waals surface area (Å²) >= 11 is 5.51. The number of benzene rings is 2. The molecular weight excluding hydrogens is 403 g/mol. The van der Waals surface area contributed by atoms with Crippen molar-refractivity contribution in [3.8, 4) is 11.5 Å². The van der Waals surface area contributed by atoms with Gasteiger partial charge in [-0.05, 0) is 30.4 Å². The van der Waals surface area contributed by atoms with E-state index in [0.29, 0.717) is 48.5 Å². The average Bonchev–Trinajstić information content (AvgIpc) is 2.73. The van der Waals surface area contributed by atoms with Gasteiger partial charge in [0, 0.05) is 55.8 Å². The molecule has 5 nitrogen and oxygen atoms in total. The van der Waals surface area contributed by atoms with E-state index in [9.17, 15) is 13.2 Å². The second-order valence-corrected chi connectivity index (χ2v) is 6.94. The van der Waals surface area contributed by atoms with Gasteiger partial charge in [-0.1, -0.05) is 6.07 Å². The molecule has 2 aromatic rings. The highest BCUT2D eigenvalue weighted by atomic mass is 32.1. The minimum Gasteiger partial charge on any atom is -0.497 e. The molecule has 0 radical (unpaired) electrons. The smallest absolute Gasteiger partial charge is 0.416 e. The van der Waals surface area contributed by atoms with Crippen LogP contribution in [0.5, 0.6) is 11.5 Å². The molecular formula is C20H22F3N3O2S. The maximum Gasteiger partial charge on any atom is 0.416 e. The zero-order valence-corrected chi connectivity index (χ0v) is 16.9. The maximum absolute atomic E-state index is 12.9. The molecule has 29 heavy (non-hydrogen) atoms. The molecule has 0 atom stereocenters. The Bertz CT molecular complexity index is 846. The van der Waals surface area contributed by atoms with Gasteiger partial charge in [0.15, 0.2) is 5.11 Å². The summed E-state index contributed by atoms with van der Waals surface area (Å²) in [4.78, 5) is 3.92. The number of hydrogen-bond donors (Lipinski definition) is 1. The van der Waals surface area contributed by atoms with Crippen molar-refractivity contribution in [3.63, 3.8) is 0 Å². The lowest BCUT2D eigenvalue weighted by Gasteiger charge is -2.37. The van der Waals surface area contributed by atoms with E-state index in [1.807, 2.05) is 21.9 Å². The van der Waals surface area contributed by atoms with Gasteiger partial charge >= 0.3 is 6.18 Å². The van der Waals surface area contributed by atoms with Gasteiger partial charge in [0.2, 0.25) is 0 Å². The predicted molar refractivity (Wildman–Crippen MR) is 111 cm³/mol. The van der Waals surface area contributed by atoms with Crippen LogP contribution in [0.2, 0.25) is 0 Å². The lowest BCUT2D eigenvalue weighted by atomic mass is 10.1. The Balaban J connectivity index is 1.62. The highest BCUT2D eigenvalue weighted by Crippen LogP contribution is 2.32. The van der Waals surface area contributed by atoms with E-state index in [1.54, 1.807) is 26.4 Å². The third-order valence-electron chi connectivity index (χ3n) is 4.71. The second-order valence-electron chi connectivity index (χ2n) is 6.55. The van der Waals surface area contributed by atoms with Crippen molar-refractivity contribution >= 4 is 28.7 Å². The fourth-order valence-corrected chi connectivity index (χ4v) is 3.43. The van der Waals surface area contributed by atoms with Crippen LogP contribution >= 0.6 is 12.2 Å². The zero-order chi connectivity index (χ0) is 21.0. The first-order valence-electron chi connectivity index (χ1n) is 9.01. The standard InChI is InChI=1S/C20H22F3N3O2S/c1-27-17-11-15(12-18(13-17)28-2)24-19(29)26-8-6-25(7-9-26)16-5-3-4-14(10-16)20(21,22)23/h3-5,10-13H,6-9H2,1-2H3,(H,24,29). The summed E-state index contributed by atoms with van der Waals surface area (Å²) < 4.78 is 49.4. The van der Waals surface area contributed by atoms with Crippen molar-refractivity contribution in [1.82, 2.24) is 4.90 Å². The Kier molecular flexibility index (Phi) is 6.36. The van der Waals surface area contributed by atoms with E-state index in [4.69, 9.17) is 21.7 Å². The third-order valence-corrected chi connectivity index (χ3v) is 5.07. The first-order chi connectivity index (χ1) is 13.8. The number of ether oxygens (including phenoxy) is 2. The summed E-state index contributed by atoms with van der Waals surface area (Å²) in [7, 11) is 3.15. The monoisotopic (exact) mass is 425 g/mol. The fraction of sp³-hybridized carbons (Fsp3) is 0.350. The SMILES string of the molecule is COc1cc(NC(=S)N2CCN(c3cccc(C(F)(F)F)c3)CC2)cc(OC)c1. The molecule has 1 heterocycles. The highest BCUT2D eigenvalue weighted by Gasteiger charge is 2.31. The van der Waals surface area contributed by atoms with Crippen molar-refractivity contribution in [2.75, 3.05) is 50.6 Å². The topological polar surface area (TPSA) is 37.0 Å². The van der Waals surface area contributed by atoms with E-state index in [1.165, 1.54) is 12.1 Å². The number of hydrogen-bond acceptors (Lipinski definition) is 4. The number of rotatable bonds is 4. The molecule has 1 saturated heterocycles. The molecule has 0 unspecified atom stereocenters. The van der Waals surface area contributed by atoms with Crippen LogP contribution in [-0.4, -0.2) is 50.4 Å². The Morgan fingerprint density at radius 3 is 2.14 bits per heavy atom. The summed E-state index contributed by atoms with van der Waals surface area (Å²) in [5, 5.41) is 3.72. The summed E-state index contributed by atoms with van der Waals surface area (Å²) in [6.45, 7) is 2.35. The molecule has 156 valence electrons. The number of methoxy groups -OCH3 is 2. The molecule has 0 aromatic heterocycles. The van der Waals surface area contributed by atoms with Crippen LogP contribution in [0.3, 0.4) is 0 Å². The summed E-state index contributed by atoms with van der Waals surface area (Å²) in [5.41, 5.74) is 0.670. The third kappa shape index (κ3) is 5.23. The molecule has 3 rings (SSSR count). The van der Waals surface area contributed by atoms with E-state index >= 15 is 0 Å². The van der Waals surface area contributed by atoms with Crippen LogP contribution < -0.4 is 19.7 Å². The summed E-state index contributed by atoms with van der Waals surface area (Å²) in [6, 6.07) is 10.8. The van der Waals surface area contributed by atoms with Crippen molar-refractivity contribution in [3.05, 3.63) is 48.0 Å². The van der Waals surface area contributed by atoms with Crippen LogP contribution in [0.25, 0.3) is 0 Å². The Morgan fingerprint density at radius 2 is 1.59 bits per heavy atom. The molecule has 0 saturated carbocycles. The molecule has 1 N–H and O–H groups in total. The van der Waals surface area contributed by atoms with Crippen molar-refractivity contribution in [1.29, 1.82) is 0 Å². The Hall–Kier alpha value is -2.68.